The highest BCUT2D eigenvalue weighted by Gasteiger charge is 2.34. The van der Waals surface area contributed by atoms with Crippen LogP contribution in [-0.4, -0.2) is 47.1 Å². The Morgan fingerprint density at radius 2 is 1.86 bits per heavy atom. The molecule has 0 aromatic heterocycles. The monoisotopic (exact) mass is 296 g/mol. The van der Waals surface area contributed by atoms with Gasteiger partial charge in [0.15, 0.2) is 0 Å². The summed E-state index contributed by atoms with van der Waals surface area (Å²) in [6, 6.07) is 0.628. The third-order valence-corrected chi connectivity index (χ3v) is 4.56. The van der Waals surface area contributed by atoms with E-state index in [0.29, 0.717) is 37.9 Å². The summed E-state index contributed by atoms with van der Waals surface area (Å²) in [6.45, 7) is 5.06. The van der Waals surface area contributed by atoms with E-state index in [1.807, 2.05) is 13.8 Å². The number of nitrogens with zero attached hydrogens (tertiary/aromatic N) is 1. The van der Waals surface area contributed by atoms with Crippen LogP contribution in [0.2, 0.25) is 0 Å². The first kappa shape index (κ1) is 16.3. The molecule has 1 heterocycles. The zero-order chi connectivity index (χ0) is 15.4. The van der Waals surface area contributed by atoms with Gasteiger partial charge in [0.25, 0.3) is 0 Å². The maximum Gasteiger partial charge on any atom is 0.308 e. The van der Waals surface area contributed by atoms with Crippen molar-refractivity contribution in [2.75, 3.05) is 13.1 Å². The molecule has 0 spiro atoms. The van der Waals surface area contributed by atoms with Gasteiger partial charge in [-0.05, 0) is 25.2 Å². The van der Waals surface area contributed by atoms with Crippen molar-refractivity contribution >= 4 is 11.9 Å². The van der Waals surface area contributed by atoms with E-state index < -0.39 is 11.9 Å². The summed E-state index contributed by atoms with van der Waals surface area (Å²) in [6.07, 6.45) is 5.99. The van der Waals surface area contributed by atoms with Gasteiger partial charge in [0.1, 0.15) is 0 Å². The molecule has 21 heavy (non-hydrogen) atoms. The molecule has 2 atom stereocenters. The number of carboxylic acids is 1. The van der Waals surface area contributed by atoms with Gasteiger partial charge in [0.05, 0.1) is 5.92 Å². The van der Waals surface area contributed by atoms with Gasteiger partial charge < -0.3 is 15.3 Å². The van der Waals surface area contributed by atoms with E-state index >= 15 is 0 Å². The van der Waals surface area contributed by atoms with Gasteiger partial charge in [-0.1, -0.05) is 26.7 Å². The molecular weight excluding hydrogens is 268 g/mol. The number of aliphatic carboxylic acids is 1. The number of carboxylic acid groups (broad SMARTS) is 1. The first-order chi connectivity index (χ1) is 9.95. The van der Waals surface area contributed by atoms with Crippen molar-refractivity contribution in [1.82, 2.24) is 10.2 Å². The van der Waals surface area contributed by atoms with Crippen molar-refractivity contribution in [2.45, 2.75) is 64.5 Å². The van der Waals surface area contributed by atoms with E-state index in [1.54, 1.807) is 4.90 Å². The van der Waals surface area contributed by atoms with Crippen molar-refractivity contribution in [3.8, 4) is 0 Å². The molecule has 2 unspecified atom stereocenters. The number of carbonyl (C=O) groups excluding carboxylic acids is 1. The zero-order valence-corrected chi connectivity index (χ0v) is 13.2. The molecule has 0 aromatic rings. The fraction of sp³-hybridized carbons (Fsp3) is 0.875. The number of hydrogen-bond acceptors (Lipinski definition) is 3. The average molecular weight is 296 g/mol. The fourth-order valence-electron chi connectivity index (χ4n) is 3.51. The lowest BCUT2D eigenvalue weighted by Gasteiger charge is -2.38. The third-order valence-electron chi connectivity index (χ3n) is 4.56. The summed E-state index contributed by atoms with van der Waals surface area (Å²) in [5.74, 6) is -0.817. The minimum Gasteiger partial charge on any atom is -0.481 e. The van der Waals surface area contributed by atoms with Crippen molar-refractivity contribution < 1.29 is 14.7 Å². The molecule has 5 heteroatoms. The molecule has 1 aliphatic carbocycles. The minimum absolute atomic E-state index is 0.0918. The van der Waals surface area contributed by atoms with Crippen LogP contribution in [0.25, 0.3) is 0 Å². The quantitative estimate of drug-likeness (QED) is 0.812. The summed E-state index contributed by atoms with van der Waals surface area (Å²) in [7, 11) is 0. The Kier molecular flexibility index (Phi) is 5.62. The average Bonchev–Trinajstić information content (AvgIpc) is 2.90. The maximum atomic E-state index is 12.3. The molecule has 1 amide bonds. The van der Waals surface area contributed by atoms with Crippen molar-refractivity contribution in [3.05, 3.63) is 0 Å². The lowest BCUT2D eigenvalue weighted by atomic mass is 9.93. The van der Waals surface area contributed by atoms with Crippen LogP contribution in [0.4, 0.5) is 0 Å². The SMILES string of the molecule is CC(C)CC(=O)N1CC(NC2CCCC2)CC(C(=O)O)C1. The fourth-order valence-corrected chi connectivity index (χ4v) is 3.51. The normalized spacial score (nSPS) is 27.3. The summed E-state index contributed by atoms with van der Waals surface area (Å²) in [4.78, 5) is 25.4. The van der Waals surface area contributed by atoms with Crippen molar-refractivity contribution in [1.29, 1.82) is 0 Å². The Morgan fingerprint density at radius 1 is 1.19 bits per heavy atom. The van der Waals surface area contributed by atoms with Crippen LogP contribution >= 0.6 is 0 Å². The highest BCUT2D eigenvalue weighted by Crippen LogP contribution is 2.23. The van der Waals surface area contributed by atoms with E-state index in [2.05, 4.69) is 5.32 Å². The zero-order valence-electron chi connectivity index (χ0n) is 13.2. The van der Waals surface area contributed by atoms with E-state index in [0.717, 1.165) is 0 Å². The summed E-state index contributed by atoms with van der Waals surface area (Å²) >= 11 is 0. The van der Waals surface area contributed by atoms with E-state index in [4.69, 9.17) is 0 Å². The van der Waals surface area contributed by atoms with Crippen molar-refractivity contribution in [3.63, 3.8) is 0 Å². The second-order valence-corrected chi connectivity index (χ2v) is 7.01. The molecule has 5 nitrogen and oxygen atoms in total. The predicted octanol–water partition coefficient (Wildman–Crippen LogP) is 1.87. The van der Waals surface area contributed by atoms with Crippen LogP contribution in [0.5, 0.6) is 0 Å². The molecule has 2 N–H and O–H groups in total. The Labute approximate surface area is 127 Å². The molecule has 1 saturated heterocycles. The number of nitrogens with one attached hydrogen (secondary N) is 1. The summed E-state index contributed by atoms with van der Waals surface area (Å²) in [5, 5.41) is 12.9. The van der Waals surface area contributed by atoms with Gasteiger partial charge >= 0.3 is 5.97 Å². The number of likely N-dealkylation sites (tertiary alicyclic amines) is 1. The number of piperidine rings is 1. The lowest BCUT2D eigenvalue weighted by Crippen LogP contribution is -2.54. The Morgan fingerprint density at radius 3 is 2.43 bits per heavy atom. The molecule has 2 rings (SSSR count). The van der Waals surface area contributed by atoms with E-state index in [-0.39, 0.29) is 11.9 Å². The summed E-state index contributed by atoms with van der Waals surface area (Å²) in [5.41, 5.74) is 0. The third kappa shape index (κ3) is 4.70. The minimum atomic E-state index is -0.782. The predicted molar refractivity (Wildman–Crippen MR) is 81.0 cm³/mol. The summed E-state index contributed by atoms with van der Waals surface area (Å²) < 4.78 is 0. The number of rotatable bonds is 5. The Balaban J connectivity index is 1.97. The Hall–Kier alpha value is -1.10. The molecular formula is C16H28N2O3. The van der Waals surface area contributed by atoms with Crippen LogP contribution in [0.1, 0.15) is 52.4 Å². The Bertz CT molecular complexity index is 378. The van der Waals surface area contributed by atoms with E-state index in [9.17, 15) is 14.7 Å². The van der Waals surface area contributed by atoms with Crippen LogP contribution in [0.15, 0.2) is 0 Å². The first-order valence-electron chi connectivity index (χ1n) is 8.22. The molecule has 1 saturated carbocycles. The molecule has 0 radical (unpaired) electrons. The second kappa shape index (κ2) is 7.25. The topological polar surface area (TPSA) is 69.6 Å². The highest BCUT2D eigenvalue weighted by molar-refractivity contribution is 5.78. The van der Waals surface area contributed by atoms with Crippen LogP contribution in [0, 0.1) is 11.8 Å². The highest BCUT2D eigenvalue weighted by atomic mass is 16.4. The van der Waals surface area contributed by atoms with Crippen LogP contribution < -0.4 is 5.32 Å². The van der Waals surface area contributed by atoms with Gasteiger partial charge in [-0.2, -0.15) is 0 Å². The van der Waals surface area contributed by atoms with Gasteiger partial charge in [-0.15, -0.1) is 0 Å². The molecule has 1 aliphatic heterocycles. The largest absolute Gasteiger partial charge is 0.481 e. The first-order valence-corrected chi connectivity index (χ1v) is 8.22. The lowest BCUT2D eigenvalue weighted by molar-refractivity contribution is -0.146. The molecule has 2 fully saturated rings. The van der Waals surface area contributed by atoms with E-state index in [1.165, 1.54) is 25.7 Å². The van der Waals surface area contributed by atoms with Gasteiger partial charge in [-0.3, -0.25) is 9.59 Å². The smallest absolute Gasteiger partial charge is 0.308 e. The maximum absolute atomic E-state index is 12.3. The molecule has 0 aromatic carbocycles. The second-order valence-electron chi connectivity index (χ2n) is 7.01. The molecule has 120 valence electrons. The van der Waals surface area contributed by atoms with Crippen molar-refractivity contribution in [2.24, 2.45) is 11.8 Å². The number of hydrogen-bond donors (Lipinski definition) is 2. The molecule has 0 bridgehead atoms. The van der Waals surface area contributed by atoms with Gasteiger partial charge in [-0.25, -0.2) is 0 Å². The number of carbonyl (C=O) groups is 2. The number of amides is 1. The molecule has 2 aliphatic rings. The van der Waals surface area contributed by atoms with Crippen LogP contribution in [-0.2, 0) is 9.59 Å². The standard InChI is InChI=1S/C16H28N2O3/c1-11(2)7-15(19)18-9-12(16(20)21)8-14(10-18)17-13-5-3-4-6-13/h11-14,17H,3-10H2,1-2H3,(H,20,21). The van der Waals surface area contributed by atoms with Gasteiger partial charge in [0.2, 0.25) is 5.91 Å². The van der Waals surface area contributed by atoms with Gasteiger partial charge in [0, 0.05) is 31.6 Å². The van der Waals surface area contributed by atoms with Crippen LogP contribution in [0.3, 0.4) is 0 Å².